The molecule has 17 heavy (non-hydrogen) atoms. The Bertz CT molecular complexity index is 388. The van der Waals surface area contributed by atoms with Gasteiger partial charge in [0.25, 0.3) is 5.91 Å². The summed E-state index contributed by atoms with van der Waals surface area (Å²) >= 11 is 1.71. The highest BCUT2D eigenvalue weighted by molar-refractivity contribution is 7.98. The lowest BCUT2D eigenvalue weighted by molar-refractivity contribution is 0.0953. The van der Waals surface area contributed by atoms with E-state index in [2.05, 4.69) is 5.43 Å². The van der Waals surface area contributed by atoms with Gasteiger partial charge in [0.15, 0.2) is 0 Å². The standard InChI is InChI=1S/C12H19N3OS/c1-12(2,13)8-17-7-9-5-3-4-6-10(9)11(16)15-14/h3-6H,7-8,13-14H2,1-2H3,(H,15,16). The molecule has 5 heteroatoms. The van der Waals surface area contributed by atoms with Gasteiger partial charge >= 0.3 is 0 Å². The summed E-state index contributed by atoms with van der Waals surface area (Å²) in [6, 6.07) is 7.44. The highest BCUT2D eigenvalue weighted by Gasteiger charge is 2.13. The first kappa shape index (κ1) is 14.0. The van der Waals surface area contributed by atoms with Crippen LogP contribution in [0.25, 0.3) is 0 Å². The van der Waals surface area contributed by atoms with Gasteiger partial charge in [-0.2, -0.15) is 11.8 Å². The molecule has 0 heterocycles. The summed E-state index contributed by atoms with van der Waals surface area (Å²) in [7, 11) is 0. The number of nitrogens with one attached hydrogen (secondary N) is 1. The van der Waals surface area contributed by atoms with Gasteiger partial charge in [0, 0.05) is 22.6 Å². The average molecular weight is 253 g/mol. The van der Waals surface area contributed by atoms with Gasteiger partial charge in [-0.15, -0.1) is 0 Å². The molecule has 4 nitrogen and oxygen atoms in total. The van der Waals surface area contributed by atoms with Crippen molar-refractivity contribution in [2.24, 2.45) is 11.6 Å². The fourth-order valence-electron chi connectivity index (χ4n) is 1.37. The Kier molecular flexibility index (Phi) is 4.99. The normalized spacial score (nSPS) is 11.3. The van der Waals surface area contributed by atoms with E-state index in [9.17, 15) is 4.79 Å². The number of carbonyl (C=O) groups excluding carboxylic acids is 1. The second-order valence-electron chi connectivity index (χ2n) is 4.61. The zero-order chi connectivity index (χ0) is 12.9. The van der Waals surface area contributed by atoms with Gasteiger partial charge in [0.1, 0.15) is 0 Å². The van der Waals surface area contributed by atoms with Gasteiger partial charge < -0.3 is 5.73 Å². The van der Waals surface area contributed by atoms with Crippen LogP contribution in [-0.2, 0) is 5.75 Å². The third-order valence-electron chi connectivity index (χ3n) is 2.12. The molecular formula is C12H19N3OS. The highest BCUT2D eigenvalue weighted by Crippen LogP contribution is 2.19. The summed E-state index contributed by atoms with van der Waals surface area (Å²) in [4.78, 5) is 11.5. The number of thioether (sulfide) groups is 1. The van der Waals surface area contributed by atoms with E-state index < -0.39 is 0 Å². The number of benzene rings is 1. The molecule has 0 spiro atoms. The second-order valence-corrected chi connectivity index (χ2v) is 5.60. The van der Waals surface area contributed by atoms with Crippen LogP contribution in [0.5, 0.6) is 0 Å². The van der Waals surface area contributed by atoms with E-state index in [1.54, 1.807) is 17.8 Å². The first-order valence-corrected chi connectivity index (χ1v) is 6.55. The van der Waals surface area contributed by atoms with Crippen molar-refractivity contribution in [2.75, 3.05) is 5.75 Å². The molecule has 94 valence electrons. The molecule has 0 aliphatic carbocycles. The number of hydrogen-bond donors (Lipinski definition) is 3. The first-order chi connectivity index (χ1) is 7.94. The second kappa shape index (κ2) is 6.05. The zero-order valence-corrected chi connectivity index (χ0v) is 11.0. The van der Waals surface area contributed by atoms with Gasteiger partial charge in [0.05, 0.1) is 0 Å². The molecule has 1 amide bonds. The zero-order valence-electron chi connectivity index (χ0n) is 10.2. The number of rotatable bonds is 5. The molecule has 0 radical (unpaired) electrons. The monoisotopic (exact) mass is 253 g/mol. The maximum Gasteiger partial charge on any atom is 0.265 e. The molecule has 5 N–H and O–H groups in total. The third kappa shape index (κ3) is 4.77. The van der Waals surface area contributed by atoms with Crippen LogP contribution >= 0.6 is 11.8 Å². The number of hydrogen-bond acceptors (Lipinski definition) is 4. The fourth-order valence-corrected chi connectivity index (χ4v) is 2.47. The molecule has 1 aromatic carbocycles. The summed E-state index contributed by atoms with van der Waals surface area (Å²) in [5.41, 5.74) is 9.46. The Morgan fingerprint density at radius 3 is 2.65 bits per heavy atom. The van der Waals surface area contributed by atoms with Crippen molar-refractivity contribution < 1.29 is 4.79 Å². The van der Waals surface area contributed by atoms with Crippen LogP contribution in [0.15, 0.2) is 24.3 Å². The SMILES string of the molecule is CC(C)(N)CSCc1ccccc1C(=O)NN. The Morgan fingerprint density at radius 1 is 1.41 bits per heavy atom. The van der Waals surface area contributed by atoms with Crippen LogP contribution in [-0.4, -0.2) is 17.2 Å². The molecule has 0 aliphatic heterocycles. The lowest BCUT2D eigenvalue weighted by Gasteiger charge is -2.18. The topological polar surface area (TPSA) is 81.1 Å². The Hall–Kier alpha value is -1.04. The molecule has 1 rings (SSSR count). The van der Waals surface area contributed by atoms with E-state index in [0.717, 1.165) is 17.1 Å². The minimum atomic E-state index is -0.256. The van der Waals surface area contributed by atoms with Crippen LogP contribution < -0.4 is 17.0 Å². The predicted octanol–water partition coefficient (Wildman–Crippen LogP) is 1.26. The van der Waals surface area contributed by atoms with Crippen molar-refractivity contribution in [2.45, 2.75) is 25.1 Å². The molecule has 0 atom stereocenters. The maximum absolute atomic E-state index is 11.5. The van der Waals surface area contributed by atoms with Gasteiger partial charge in [-0.3, -0.25) is 10.2 Å². The lowest BCUT2D eigenvalue weighted by atomic mass is 10.1. The summed E-state index contributed by atoms with van der Waals surface area (Å²) in [6.45, 7) is 3.97. The van der Waals surface area contributed by atoms with Crippen molar-refractivity contribution in [1.29, 1.82) is 0 Å². The largest absolute Gasteiger partial charge is 0.325 e. The quantitative estimate of drug-likeness (QED) is 0.419. The van der Waals surface area contributed by atoms with E-state index in [1.807, 2.05) is 32.0 Å². The molecule has 0 saturated carbocycles. The average Bonchev–Trinajstić information content (AvgIpc) is 2.27. The lowest BCUT2D eigenvalue weighted by Crippen LogP contribution is -2.34. The van der Waals surface area contributed by atoms with Gasteiger partial charge in [0.2, 0.25) is 0 Å². The minimum Gasteiger partial charge on any atom is -0.325 e. The summed E-state index contributed by atoms with van der Waals surface area (Å²) in [5, 5.41) is 0. The molecule has 0 saturated heterocycles. The van der Waals surface area contributed by atoms with E-state index >= 15 is 0 Å². The first-order valence-electron chi connectivity index (χ1n) is 5.39. The number of amides is 1. The summed E-state index contributed by atoms with van der Waals surface area (Å²) < 4.78 is 0. The van der Waals surface area contributed by atoms with Crippen molar-refractivity contribution in [1.82, 2.24) is 5.43 Å². The minimum absolute atomic E-state index is 0.199. The van der Waals surface area contributed by atoms with Crippen molar-refractivity contribution >= 4 is 17.7 Å². The molecule has 0 bridgehead atoms. The van der Waals surface area contributed by atoms with E-state index in [1.165, 1.54) is 0 Å². The van der Waals surface area contributed by atoms with Gasteiger partial charge in [-0.1, -0.05) is 18.2 Å². The molecular weight excluding hydrogens is 234 g/mol. The van der Waals surface area contributed by atoms with E-state index in [0.29, 0.717) is 5.56 Å². The van der Waals surface area contributed by atoms with Crippen LogP contribution in [0.4, 0.5) is 0 Å². The fraction of sp³-hybridized carbons (Fsp3) is 0.417. The van der Waals surface area contributed by atoms with Gasteiger partial charge in [-0.05, 0) is 25.5 Å². The highest BCUT2D eigenvalue weighted by atomic mass is 32.2. The Balaban J connectivity index is 2.68. The molecule has 0 fully saturated rings. The van der Waals surface area contributed by atoms with E-state index in [4.69, 9.17) is 11.6 Å². The molecule has 1 aromatic rings. The van der Waals surface area contributed by atoms with Crippen LogP contribution in [0.1, 0.15) is 29.8 Å². The van der Waals surface area contributed by atoms with E-state index in [-0.39, 0.29) is 11.4 Å². The number of hydrazine groups is 1. The van der Waals surface area contributed by atoms with Crippen molar-refractivity contribution in [3.8, 4) is 0 Å². The predicted molar refractivity (Wildman–Crippen MR) is 72.5 cm³/mol. The van der Waals surface area contributed by atoms with Crippen molar-refractivity contribution in [3.63, 3.8) is 0 Å². The number of nitrogen functional groups attached to an aromatic ring is 1. The Morgan fingerprint density at radius 2 is 2.06 bits per heavy atom. The third-order valence-corrected chi connectivity index (χ3v) is 3.59. The van der Waals surface area contributed by atoms with Crippen molar-refractivity contribution in [3.05, 3.63) is 35.4 Å². The van der Waals surface area contributed by atoms with Crippen LogP contribution in [0.2, 0.25) is 0 Å². The van der Waals surface area contributed by atoms with Crippen LogP contribution in [0, 0.1) is 0 Å². The molecule has 0 unspecified atom stereocenters. The number of carbonyl (C=O) groups is 1. The maximum atomic E-state index is 11.5. The smallest absolute Gasteiger partial charge is 0.265 e. The molecule has 0 aromatic heterocycles. The summed E-state index contributed by atoms with van der Waals surface area (Å²) in [6.07, 6.45) is 0. The summed E-state index contributed by atoms with van der Waals surface area (Å²) in [5.74, 6) is 6.48. The Labute approximate surface area is 106 Å². The van der Waals surface area contributed by atoms with Crippen LogP contribution in [0.3, 0.4) is 0 Å². The molecule has 0 aliphatic rings. The number of nitrogens with two attached hydrogens (primary N) is 2. The van der Waals surface area contributed by atoms with Gasteiger partial charge in [-0.25, -0.2) is 5.84 Å².